The van der Waals surface area contributed by atoms with Crippen molar-refractivity contribution in [1.29, 1.82) is 0 Å². The predicted molar refractivity (Wildman–Crippen MR) is 472 cm³/mol. The van der Waals surface area contributed by atoms with E-state index >= 15 is 0 Å². The normalized spacial score (nSPS) is 10.2. The molecule has 0 amide bonds. The molecule has 2 heterocycles. The molecule has 16 aromatic rings. The molecular weight excluding hydrogens is 1600 g/mol. The Labute approximate surface area is 677 Å². The fourth-order valence-electron chi connectivity index (χ4n) is 11.1. The van der Waals surface area contributed by atoms with Crippen molar-refractivity contribution in [3.63, 3.8) is 0 Å². The third kappa shape index (κ3) is 27.2. The third-order valence-electron chi connectivity index (χ3n) is 16.3. The van der Waals surface area contributed by atoms with Crippen LogP contribution in [0.3, 0.4) is 0 Å². The van der Waals surface area contributed by atoms with Crippen LogP contribution in [-0.4, -0.2) is 37.0 Å². The van der Waals surface area contributed by atoms with Crippen molar-refractivity contribution in [3.8, 4) is 11.1 Å². The summed E-state index contributed by atoms with van der Waals surface area (Å²) in [7, 11) is -3.19. The van der Waals surface area contributed by atoms with Crippen LogP contribution in [0.5, 0.6) is 0 Å². The number of benzene rings is 14. The average molecular weight is 1680 g/mol. The van der Waals surface area contributed by atoms with E-state index in [1.807, 2.05) is 12.1 Å². The van der Waals surface area contributed by atoms with Gasteiger partial charge >= 0.3 is 7.12 Å². The Kier molecular flexibility index (Phi) is 35.7. The van der Waals surface area contributed by atoms with E-state index in [4.69, 9.17) is 10.0 Å². The molecule has 14 aromatic carbocycles. The maximum Gasteiger partial charge on any atom is 0.490 e. The second-order valence-corrected chi connectivity index (χ2v) is 33.6. The number of non-ortho nitro benzene ring substituents is 2. The Morgan fingerprint density at radius 3 is 0.613 bits per heavy atom. The van der Waals surface area contributed by atoms with Gasteiger partial charge in [0, 0.05) is 79.4 Å². The summed E-state index contributed by atoms with van der Waals surface area (Å²) in [6, 6.07) is 149. The summed E-state index contributed by atoms with van der Waals surface area (Å²) in [5.74, 6) is 0. The van der Waals surface area contributed by atoms with Crippen molar-refractivity contribution in [3.05, 3.63) is 486 Å². The zero-order chi connectivity index (χ0) is 76.6. The van der Waals surface area contributed by atoms with E-state index in [2.05, 4.69) is 390 Å². The standard InChI is InChI=1S/4C18H15P.C11H8N2O2.C6H4BrNO2.C5H6BNO2.Pd/c4*1-4-10-16(11-5-1)19(17-12-6-2-7-13-17)18-14-8-3-9-15-18;14-13(15)11-5-3-9(4-6-11)10-2-1-7-12-8-10;7-5-1-3-6(4-2-5)8(9)10;8-6(9)5-2-1-3-7-4-5;/h4*1-15H;1-8H;1-4H;1-4,8-9H;. The van der Waals surface area contributed by atoms with Crippen molar-refractivity contribution in [2.75, 3.05) is 0 Å². The molecule has 0 saturated carbocycles. The van der Waals surface area contributed by atoms with Crippen LogP contribution < -0.4 is 69.1 Å². The smallest absolute Gasteiger partial charge is 0.423 e. The Morgan fingerprint density at radius 2 is 0.450 bits per heavy atom. The first kappa shape index (κ1) is 84.1. The third-order valence-corrected chi connectivity index (χ3v) is 26.6. The summed E-state index contributed by atoms with van der Waals surface area (Å²) in [4.78, 5) is 27.4. The molecule has 2 aromatic heterocycles. The van der Waals surface area contributed by atoms with Crippen LogP contribution in [0, 0.1) is 20.2 Å². The molecule has 0 unspecified atom stereocenters. The van der Waals surface area contributed by atoms with E-state index in [-0.39, 0.29) is 31.8 Å². The van der Waals surface area contributed by atoms with Gasteiger partial charge in [0.05, 0.1) is 9.85 Å². The Bertz CT molecular complexity index is 4360. The first-order valence-electron chi connectivity index (χ1n) is 35.2. The van der Waals surface area contributed by atoms with Gasteiger partial charge in [-0.15, -0.1) is 0 Å². The van der Waals surface area contributed by atoms with Crippen LogP contribution in [-0.2, 0) is 20.4 Å². The van der Waals surface area contributed by atoms with Crippen molar-refractivity contribution < 1.29 is 40.3 Å². The number of rotatable bonds is 16. The first-order chi connectivity index (χ1) is 54.1. The number of hydrogen-bond donors (Lipinski definition) is 2. The minimum atomic E-state index is -1.40. The second kappa shape index (κ2) is 47.2. The molecule has 0 atom stereocenters. The molecule has 0 aliphatic carbocycles. The number of aromatic nitrogens is 2. The van der Waals surface area contributed by atoms with E-state index in [9.17, 15) is 20.2 Å². The van der Waals surface area contributed by atoms with Gasteiger partial charge in [0.1, 0.15) is 0 Å². The van der Waals surface area contributed by atoms with Gasteiger partial charge in [0.15, 0.2) is 0 Å². The largest absolute Gasteiger partial charge is 0.490 e. The van der Waals surface area contributed by atoms with Gasteiger partial charge in [0.25, 0.3) is 11.4 Å². The predicted octanol–water partition coefficient (Wildman–Crippen LogP) is 17.6. The maximum atomic E-state index is 10.4. The zero-order valence-electron chi connectivity index (χ0n) is 60.3. The number of nitrogens with zero attached hydrogens (tertiary/aromatic N) is 4. The summed E-state index contributed by atoms with van der Waals surface area (Å²) >= 11 is 3.17. The van der Waals surface area contributed by atoms with Gasteiger partial charge in [0.2, 0.25) is 0 Å². The summed E-state index contributed by atoms with van der Waals surface area (Å²) in [5, 5.41) is 54.4. The molecule has 0 fully saturated rings. The monoisotopic (exact) mass is 1680 g/mol. The Hall–Kier alpha value is -11.0. The summed E-state index contributed by atoms with van der Waals surface area (Å²) < 4.78 is 0.845. The molecule has 111 heavy (non-hydrogen) atoms. The number of pyridine rings is 2. The van der Waals surface area contributed by atoms with Crippen LogP contribution in [0.25, 0.3) is 11.1 Å². The number of hydrogen-bond acceptors (Lipinski definition) is 8. The van der Waals surface area contributed by atoms with Crippen LogP contribution in [0.15, 0.2) is 466 Å². The van der Waals surface area contributed by atoms with Crippen LogP contribution in [0.2, 0.25) is 0 Å². The fourth-order valence-corrected chi connectivity index (χ4v) is 20.6. The van der Waals surface area contributed by atoms with E-state index in [1.54, 1.807) is 55.0 Å². The molecule has 17 heteroatoms. The molecule has 550 valence electrons. The molecule has 0 bridgehead atoms. The number of nitro benzene ring substituents is 2. The van der Waals surface area contributed by atoms with Crippen molar-refractivity contribution in [2.45, 2.75) is 0 Å². The first-order valence-corrected chi connectivity index (χ1v) is 41.4. The average Bonchev–Trinajstić information content (AvgIpc) is 0.839. The number of halogens is 1. The maximum absolute atomic E-state index is 10.4. The van der Waals surface area contributed by atoms with E-state index in [1.165, 1.54) is 94.1 Å². The Morgan fingerprint density at radius 1 is 0.252 bits per heavy atom. The van der Waals surface area contributed by atoms with Crippen LogP contribution in [0.1, 0.15) is 0 Å². The summed E-state index contributed by atoms with van der Waals surface area (Å²) in [6.07, 6.45) is 6.40. The van der Waals surface area contributed by atoms with Gasteiger partial charge in [-0.05, 0) is 143 Å². The molecule has 0 aliphatic heterocycles. The minimum absolute atomic E-state index is 0. The molecule has 16 rings (SSSR count). The van der Waals surface area contributed by atoms with Crippen molar-refractivity contribution in [2.24, 2.45) is 0 Å². The van der Waals surface area contributed by atoms with Crippen molar-refractivity contribution >= 4 is 135 Å². The fraction of sp³-hybridized carbons (Fsp3) is 0. The minimum Gasteiger partial charge on any atom is -0.423 e. The molecule has 0 spiro atoms. The van der Waals surface area contributed by atoms with Gasteiger partial charge in [-0.2, -0.15) is 0 Å². The quantitative estimate of drug-likeness (QED) is 0.0420. The van der Waals surface area contributed by atoms with E-state index < -0.39 is 48.7 Å². The number of nitro groups is 2. The SMILES string of the molecule is O=[N+]([O-])c1ccc(-c2cccnc2)cc1.O=[N+]([O-])c1ccc(Br)cc1.OB(O)c1cccnc1.[Pd].c1ccc(P(c2ccccc2)c2ccccc2)cc1.c1ccc(P(c2ccccc2)c2ccccc2)cc1.c1ccc(P(c2ccccc2)c2ccccc2)cc1.c1ccc(P(c2ccccc2)c2ccccc2)cc1. The van der Waals surface area contributed by atoms with Crippen LogP contribution in [0.4, 0.5) is 11.4 Å². The van der Waals surface area contributed by atoms with Gasteiger partial charge in [-0.25, -0.2) is 0 Å². The molecule has 2 N–H and O–H groups in total. The van der Waals surface area contributed by atoms with E-state index in [0.29, 0.717) is 5.46 Å². The molecule has 0 saturated heterocycles. The van der Waals surface area contributed by atoms with Crippen molar-refractivity contribution in [1.82, 2.24) is 9.97 Å². The van der Waals surface area contributed by atoms with E-state index in [0.717, 1.165) is 15.6 Å². The van der Waals surface area contributed by atoms with Gasteiger partial charge in [-0.1, -0.05) is 392 Å². The molecule has 10 nitrogen and oxygen atoms in total. The van der Waals surface area contributed by atoms with Crippen LogP contribution >= 0.6 is 47.6 Å². The summed E-state index contributed by atoms with van der Waals surface area (Å²) in [6.45, 7) is 0. The molecule has 0 radical (unpaired) electrons. The van der Waals surface area contributed by atoms with Gasteiger partial charge in [-0.3, -0.25) is 30.2 Å². The zero-order valence-corrected chi connectivity index (χ0v) is 67.0. The van der Waals surface area contributed by atoms with Gasteiger partial charge < -0.3 is 10.0 Å². The molecular formula is C94H78BBrN4O6P4Pd. The topological polar surface area (TPSA) is 153 Å². The second-order valence-electron chi connectivity index (χ2n) is 23.8. The molecule has 0 aliphatic rings. The summed E-state index contributed by atoms with van der Waals surface area (Å²) in [5.41, 5.74) is 2.50. The Balaban J connectivity index is 0.000000151.